The Labute approximate surface area is 140 Å². The normalized spacial score (nSPS) is 20.8. The number of hydrogen-bond donors (Lipinski definition) is 1. The SMILES string of the molecule is C[C@@H]1[C@H](C(=O)O)CCCN1C(=O)COc1cccc2ccccc12. The molecule has 24 heavy (non-hydrogen) atoms. The smallest absolute Gasteiger partial charge is 0.308 e. The van der Waals surface area contributed by atoms with Gasteiger partial charge in [-0.25, -0.2) is 0 Å². The number of benzene rings is 2. The predicted molar refractivity (Wildman–Crippen MR) is 91.0 cm³/mol. The summed E-state index contributed by atoms with van der Waals surface area (Å²) >= 11 is 0. The summed E-state index contributed by atoms with van der Waals surface area (Å²) in [6.07, 6.45) is 1.33. The molecule has 126 valence electrons. The van der Waals surface area contributed by atoms with E-state index in [1.807, 2.05) is 42.5 Å². The fourth-order valence-electron chi connectivity index (χ4n) is 3.37. The summed E-state index contributed by atoms with van der Waals surface area (Å²) in [5.74, 6) is -0.836. The lowest BCUT2D eigenvalue weighted by Gasteiger charge is -2.37. The molecule has 2 atom stereocenters. The van der Waals surface area contributed by atoms with Crippen LogP contribution in [0.3, 0.4) is 0 Å². The highest BCUT2D eigenvalue weighted by atomic mass is 16.5. The third-order valence-corrected chi connectivity index (χ3v) is 4.73. The summed E-state index contributed by atoms with van der Waals surface area (Å²) < 4.78 is 5.74. The Morgan fingerprint density at radius 1 is 1.21 bits per heavy atom. The van der Waals surface area contributed by atoms with Gasteiger partial charge in [0.1, 0.15) is 5.75 Å². The highest BCUT2D eigenvalue weighted by molar-refractivity contribution is 5.88. The average molecular weight is 327 g/mol. The van der Waals surface area contributed by atoms with Crippen molar-refractivity contribution in [1.82, 2.24) is 4.90 Å². The van der Waals surface area contributed by atoms with Crippen molar-refractivity contribution in [3.63, 3.8) is 0 Å². The second-order valence-electron chi connectivity index (χ2n) is 6.18. The van der Waals surface area contributed by atoms with Gasteiger partial charge in [0.15, 0.2) is 6.61 Å². The minimum absolute atomic E-state index is 0.0787. The van der Waals surface area contributed by atoms with E-state index in [1.165, 1.54) is 0 Å². The number of hydrogen-bond acceptors (Lipinski definition) is 3. The molecule has 1 saturated heterocycles. The molecule has 1 fully saturated rings. The molecule has 0 aliphatic carbocycles. The molecule has 1 aliphatic heterocycles. The van der Waals surface area contributed by atoms with Crippen LogP contribution in [0.15, 0.2) is 42.5 Å². The first-order chi connectivity index (χ1) is 11.6. The minimum atomic E-state index is -0.838. The molecule has 0 radical (unpaired) electrons. The number of amides is 1. The van der Waals surface area contributed by atoms with Gasteiger partial charge in [-0.05, 0) is 31.2 Å². The number of piperidine rings is 1. The zero-order valence-corrected chi connectivity index (χ0v) is 13.6. The molecule has 2 aromatic rings. The Kier molecular flexibility index (Phi) is 4.69. The van der Waals surface area contributed by atoms with E-state index in [9.17, 15) is 14.7 Å². The van der Waals surface area contributed by atoms with Gasteiger partial charge in [-0.2, -0.15) is 0 Å². The summed E-state index contributed by atoms with van der Waals surface area (Å²) in [7, 11) is 0. The molecule has 1 amide bonds. The van der Waals surface area contributed by atoms with Crippen LogP contribution in [0.25, 0.3) is 10.8 Å². The number of carboxylic acids is 1. The van der Waals surface area contributed by atoms with E-state index in [1.54, 1.807) is 11.8 Å². The Morgan fingerprint density at radius 2 is 1.96 bits per heavy atom. The first-order valence-corrected chi connectivity index (χ1v) is 8.21. The average Bonchev–Trinajstić information content (AvgIpc) is 2.59. The van der Waals surface area contributed by atoms with Gasteiger partial charge in [-0.3, -0.25) is 9.59 Å². The van der Waals surface area contributed by atoms with Crippen LogP contribution in [-0.2, 0) is 9.59 Å². The van der Waals surface area contributed by atoms with Crippen molar-refractivity contribution >= 4 is 22.6 Å². The van der Waals surface area contributed by atoms with Crippen molar-refractivity contribution in [3.05, 3.63) is 42.5 Å². The highest BCUT2D eigenvalue weighted by Gasteiger charge is 2.35. The Hall–Kier alpha value is -2.56. The molecule has 3 rings (SSSR count). The number of ether oxygens (including phenoxy) is 1. The lowest BCUT2D eigenvalue weighted by Crippen LogP contribution is -2.50. The van der Waals surface area contributed by atoms with E-state index < -0.39 is 11.9 Å². The van der Waals surface area contributed by atoms with E-state index in [4.69, 9.17) is 4.74 Å². The van der Waals surface area contributed by atoms with E-state index in [0.717, 1.165) is 10.8 Å². The summed E-state index contributed by atoms with van der Waals surface area (Å²) in [6, 6.07) is 13.3. The van der Waals surface area contributed by atoms with Crippen LogP contribution in [0.2, 0.25) is 0 Å². The van der Waals surface area contributed by atoms with Gasteiger partial charge in [-0.1, -0.05) is 36.4 Å². The van der Waals surface area contributed by atoms with Crippen LogP contribution in [0.5, 0.6) is 5.75 Å². The Bertz CT molecular complexity index is 753. The maximum Gasteiger partial charge on any atom is 0.308 e. The van der Waals surface area contributed by atoms with Crippen LogP contribution >= 0.6 is 0 Å². The largest absolute Gasteiger partial charge is 0.483 e. The molecule has 0 aromatic heterocycles. The van der Waals surface area contributed by atoms with Crippen LogP contribution < -0.4 is 4.74 Å². The van der Waals surface area contributed by atoms with Gasteiger partial charge in [0, 0.05) is 18.0 Å². The molecule has 0 unspecified atom stereocenters. The fraction of sp³-hybridized carbons (Fsp3) is 0.368. The van der Waals surface area contributed by atoms with E-state index in [2.05, 4.69) is 0 Å². The third kappa shape index (κ3) is 3.20. The van der Waals surface area contributed by atoms with Gasteiger partial charge in [-0.15, -0.1) is 0 Å². The van der Waals surface area contributed by atoms with E-state index in [-0.39, 0.29) is 18.6 Å². The van der Waals surface area contributed by atoms with Crippen LogP contribution in [-0.4, -0.2) is 41.1 Å². The highest BCUT2D eigenvalue weighted by Crippen LogP contribution is 2.26. The number of likely N-dealkylation sites (tertiary alicyclic amines) is 1. The summed E-state index contributed by atoms with van der Waals surface area (Å²) in [6.45, 7) is 2.31. The molecule has 0 spiro atoms. The fourth-order valence-corrected chi connectivity index (χ4v) is 3.37. The van der Waals surface area contributed by atoms with E-state index >= 15 is 0 Å². The maximum atomic E-state index is 12.5. The van der Waals surface area contributed by atoms with E-state index in [0.29, 0.717) is 25.1 Å². The monoisotopic (exact) mass is 327 g/mol. The first kappa shape index (κ1) is 16.3. The summed E-state index contributed by atoms with van der Waals surface area (Å²) in [5, 5.41) is 11.3. The molecular weight excluding hydrogens is 306 g/mol. The standard InChI is InChI=1S/C19H21NO4/c1-13-15(19(22)23)9-5-11-20(13)18(21)12-24-17-10-4-7-14-6-2-3-8-16(14)17/h2-4,6-8,10,13,15H,5,9,11-12H2,1H3,(H,22,23)/t13-,15-/m1/s1. The van der Waals surface area contributed by atoms with Gasteiger partial charge in [0.2, 0.25) is 0 Å². The molecular formula is C19H21NO4. The van der Waals surface area contributed by atoms with Gasteiger partial charge in [0.25, 0.3) is 5.91 Å². The van der Waals surface area contributed by atoms with Crippen molar-refractivity contribution in [1.29, 1.82) is 0 Å². The van der Waals surface area contributed by atoms with Crippen LogP contribution in [0, 0.1) is 5.92 Å². The molecule has 1 aliphatic rings. The van der Waals surface area contributed by atoms with Crippen LogP contribution in [0.1, 0.15) is 19.8 Å². The van der Waals surface area contributed by atoms with Crippen LogP contribution in [0.4, 0.5) is 0 Å². The van der Waals surface area contributed by atoms with Crippen molar-refractivity contribution in [2.24, 2.45) is 5.92 Å². The Balaban J connectivity index is 1.70. The number of fused-ring (bicyclic) bond motifs is 1. The number of rotatable bonds is 4. The zero-order valence-electron chi connectivity index (χ0n) is 13.6. The first-order valence-electron chi connectivity index (χ1n) is 8.21. The molecule has 1 N–H and O–H groups in total. The number of aliphatic carboxylic acids is 1. The van der Waals surface area contributed by atoms with Crippen molar-refractivity contribution in [2.75, 3.05) is 13.2 Å². The predicted octanol–water partition coefficient (Wildman–Crippen LogP) is 2.93. The summed E-state index contributed by atoms with van der Waals surface area (Å²) in [4.78, 5) is 25.4. The molecule has 5 nitrogen and oxygen atoms in total. The molecule has 0 bridgehead atoms. The van der Waals surface area contributed by atoms with Gasteiger partial charge >= 0.3 is 5.97 Å². The number of carboxylic acid groups (broad SMARTS) is 1. The quantitative estimate of drug-likeness (QED) is 0.937. The molecule has 5 heteroatoms. The molecule has 1 heterocycles. The van der Waals surface area contributed by atoms with Gasteiger partial charge < -0.3 is 14.7 Å². The van der Waals surface area contributed by atoms with Gasteiger partial charge in [0.05, 0.1) is 5.92 Å². The zero-order chi connectivity index (χ0) is 17.1. The maximum absolute atomic E-state index is 12.5. The number of carbonyl (C=O) groups is 2. The summed E-state index contributed by atoms with van der Waals surface area (Å²) in [5.41, 5.74) is 0. The van der Waals surface area contributed by atoms with Crippen molar-refractivity contribution in [3.8, 4) is 5.75 Å². The van der Waals surface area contributed by atoms with Crippen molar-refractivity contribution in [2.45, 2.75) is 25.8 Å². The Morgan fingerprint density at radius 3 is 2.75 bits per heavy atom. The lowest BCUT2D eigenvalue weighted by molar-refractivity contribution is -0.149. The molecule has 2 aromatic carbocycles. The topological polar surface area (TPSA) is 66.8 Å². The second-order valence-corrected chi connectivity index (χ2v) is 6.18. The molecule has 0 saturated carbocycles. The lowest BCUT2D eigenvalue weighted by atomic mass is 9.90. The number of nitrogens with zero attached hydrogens (tertiary/aromatic N) is 1. The van der Waals surface area contributed by atoms with Crippen molar-refractivity contribution < 1.29 is 19.4 Å². The second kappa shape index (κ2) is 6.91. The minimum Gasteiger partial charge on any atom is -0.483 e. The number of carbonyl (C=O) groups excluding carboxylic acids is 1. The third-order valence-electron chi connectivity index (χ3n) is 4.73.